The molecule has 0 aliphatic rings. The Bertz CT molecular complexity index is 435. The minimum absolute atomic E-state index is 0.804. The van der Waals surface area contributed by atoms with Crippen molar-refractivity contribution >= 4 is 0 Å². The lowest BCUT2D eigenvalue weighted by molar-refractivity contribution is 0.725. The van der Waals surface area contributed by atoms with Crippen LogP contribution in [-0.2, 0) is 6.54 Å². The third-order valence-corrected chi connectivity index (χ3v) is 2.57. The molecule has 0 bridgehead atoms. The van der Waals surface area contributed by atoms with E-state index in [-0.39, 0.29) is 0 Å². The van der Waals surface area contributed by atoms with Gasteiger partial charge in [-0.15, -0.1) is 0 Å². The van der Waals surface area contributed by atoms with E-state index in [2.05, 4.69) is 40.5 Å². The van der Waals surface area contributed by atoms with Gasteiger partial charge >= 0.3 is 0 Å². The summed E-state index contributed by atoms with van der Waals surface area (Å²) in [5, 5.41) is 0. The number of aryl methyl sites for hydroxylation is 3. The van der Waals surface area contributed by atoms with E-state index in [1.807, 2.05) is 19.3 Å². The van der Waals surface area contributed by atoms with Crippen molar-refractivity contribution in [2.45, 2.75) is 27.3 Å². The second-order valence-corrected chi connectivity index (χ2v) is 3.85. The van der Waals surface area contributed by atoms with Gasteiger partial charge in [0.15, 0.2) is 0 Å². The van der Waals surface area contributed by atoms with Crippen LogP contribution in [0.1, 0.15) is 22.8 Å². The summed E-state index contributed by atoms with van der Waals surface area (Å²) in [6.07, 6.45) is 3.65. The Labute approximate surface area is 89.8 Å². The first kappa shape index (κ1) is 9.90. The molecule has 0 aliphatic carbocycles. The number of aromatic nitrogens is 3. The van der Waals surface area contributed by atoms with Crippen LogP contribution in [0, 0.1) is 20.8 Å². The Balaban J connectivity index is 2.25. The molecule has 0 N–H and O–H groups in total. The second kappa shape index (κ2) is 3.85. The maximum atomic E-state index is 4.35. The standard InChI is InChI=1S/C12H15N3/c1-9-6-14-12(7-13-9)8-15-10(2)4-5-11(15)3/h4-7H,8H2,1-3H3. The molecule has 0 spiro atoms. The van der Waals surface area contributed by atoms with Crippen LogP contribution in [-0.4, -0.2) is 14.5 Å². The largest absolute Gasteiger partial charge is 0.343 e. The number of hydrogen-bond acceptors (Lipinski definition) is 2. The molecular weight excluding hydrogens is 186 g/mol. The molecule has 0 radical (unpaired) electrons. The minimum Gasteiger partial charge on any atom is -0.343 e. The quantitative estimate of drug-likeness (QED) is 0.746. The predicted octanol–water partition coefficient (Wildman–Crippen LogP) is 2.25. The van der Waals surface area contributed by atoms with Crippen molar-refractivity contribution in [1.82, 2.24) is 14.5 Å². The highest BCUT2D eigenvalue weighted by Crippen LogP contribution is 2.09. The van der Waals surface area contributed by atoms with Crippen molar-refractivity contribution in [2.75, 3.05) is 0 Å². The Morgan fingerprint density at radius 2 is 1.67 bits per heavy atom. The third kappa shape index (κ3) is 2.06. The summed E-state index contributed by atoms with van der Waals surface area (Å²) in [6.45, 7) is 6.96. The topological polar surface area (TPSA) is 30.7 Å². The molecule has 0 saturated heterocycles. The van der Waals surface area contributed by atoms with Gasteiger partial charge in [-0.3, -0.25) is 9.97 Å². The van der Waals surface area contributed by atoms with Crippen LogP contribution in [0.25, 0.3) is 0 Å². The molecule has 2 aromatic rings. The van der Waals surface area contributed by atoms with Crippen LogP contribution >= 0.6 is 0 Å². The number of hydrogen-bond donors (Lipinski definition) is 0. The average molecular weight is 201 g/mol. The van der Waals surface area contributed by atoms with Gasteiger partial charge < -0.3 is 4.57 Å². The molecule has 0 saturated carbocycles. The lowest BCUT2D eigenvalue weighted by Gasteiger charge is -2.08. The van der Waals surface area contributed by atoms with Gasteiger partial charge in [0.05, 0.1) is 24.1 Å². The fourth-order valence-corrected chi connectivity index (χ4v) is 1.61. The molecule has 0 fully saturated rings. The van der Waals surface area contributed by atoms with E-state index in [0.29, 0.717) is 0 Å². The van der Waals surface area contributed by atoms with E-state index in [9.17, 15) is 0 Å². The molecule has 2 rings (SSSR count). The first-order chi connectivity index (χ1) is 7.16. The molecule has 2 aromatic heterocycles. The van der Waals surface area contributed by atoms with Crippen molar-refractivity contribution in [3.05, 3.63) is 47.3 Å². The van der Waals surface area contributed by atoms with Crippen molar-refractivity contribution in [3.8, 4) is 0 Å². The first-order valence-corrected chi connectivity index (χ1v) is 5.07. The van der Waals surface area contributed by atoms with E-state index >= 15 is 0 Å². The summed E-state index contributed by atoms with van der Waals surface area (Å²) >= 11 is 0. The summed E-state index contributed by atoms with van der Waals surface area (Å²) in [4.78, 5) is 8.60. The Kier molecular flexibility index (Phi) is 2.54. The van der Waals surface area contributed by atoms with Gasteiger partial charge in [-0.1, -0.05) is 0 Å². The van der Waals surface area contributed by atoms with Crippen molar-refractivity contribution < 1.29 is 0 Å². The third-order valence-electron chi connectivity index (χ3n) is 2.57. The summed E-state index contributed by atoms with van der Waals surface area (Å²) in [5.74, 6) is 0. The number of rotatable bonds is 2. The van der Waals surface area contributed by atoms with Crippen LogP contribution in [0.3, 0.4) is 0 Å². The zero-order valence-electron chi connectivity index (χ0n) is 9.36. The molecule has 15 heavy (non-hydrogen) atoms. The summed E-state index contributed by atoms with van der Waals surface area (Å²) in [7, 11) is 0. The molecule has 2 heterocycles. The molecular formula is C12H15N3. The maximum Gasteiger partial charge on any atom is 0.0784 e. The molecule has 78 valence electrons. The highest BCUT2D eigenvalue weighted by atomic mass is 15.0. The highest BCUT2D eigenvalue weighted by Gasteiger charge is 2.02. The Hall–Kier alpha value is -1.64. The molecule has 0 aromatic carbocycles. The summed E-state index contributed by atoms with van der Waals surface area (Å²) in [5.41, 5.74) is 4.48. The lowest BCUT2D eigenvalue weighted by atomic mass is 10.4. The second-order valence-electron chi connectivity index (χ2n) is 3.85. The van der Waals surface area contributed by atoms with Crippen LogP contribution in [0.5, 0.6) is 0 Å². The van der Waals surface area contributed by atoms with Gasteiger partial charge in [0, 0.05) is 17.6 Å². The van der Waals surface area contributed by atoms with E-state index < -0.39 is 0 Å². The van der Waals surface area contributed by atoms with E-state index in [0.717, 1.165) is 17.9 Å². The van der Waals surface area contributed by atoms with Crippen LogP contribution in [0.4, 0.5) is 0 Å². The normalized spacial score (nSPS) is 10.6. The Morgan fingerprint density at radius 3 is 2.20 bits per heavy atom. The smallest absolute Gasteiger partial charge is 0.0784 e. The zero-order chi connectivity index (χ0) is 10.8. The van der Waals surface area contributed by atoms with E-state index in [1.54, 1.807) is 0 Å². The SMILES string of the molecule is Cc1cnc(Cn2c(C)ccc2C)cn1. The predicted molar refractivity (Wildman–Crippen MR) is 59.8 cm³/mol. The molecule has 0 amide bonds. The van der Waals surface area contributed by atoms with E-state index in [4.69, 9.17) is 0 Å². The first-order valence-electron chi connectivity index (χ1n) is 5.07. The van der Waals surface area contributed by atoms with Crippen LogP contribution < -0.4 is 0 Å². The van der Waals surface area contributed by atoms with Crippen LogP contribution in [0.2, 0.25) is 0 Å². The molecule has 3 heteroatoms. The van der Waals surface area contributed by atoms with Gasteiger partial charge in [-0.05, 0) is 32.9 Å². The molecule has 3 nitrogen and oxygen atoms in total. The average Bonchev–Trinajstić information content (AvgIpc) is 2.53. The molecule has 0 aliphatic heterocycles. The lowest BCUT2D eigenvalue weighted by Crippen LogP contribution is -2.05. The van der Waals surface area contributed by atoms with Gasteiger partial charge in [-0.2, -0.15) is 0 Å². The Morgan fingerprint density at radius 1 is 1.00 bits per heavy atom. The number of nitrogens with zero attached hydrogens (tertiary/aromatic N) is 3. The van der Waals surface area contributed by atoms with Gasteiger partial charge in [0.25, 0.3) is 0 Å². The maximum absolute atomic E-state index is 4.35. The van der Waals surface area contributed by atoms with Crippen LogP contribution in [0.15, 0.2) is 24.5 Å². The molecule has 0 unspecified atom stereocenters. The highest BCUT2D eigenvalue weighted by molar-refractivity contribution is 5.15. The summed E-state index contributed by atoms with van der Waals surface area (Å²) in [6, 6.07) is 4.24. The minimum atomic E-state index is 0.804. The molecule has 0 atom stereocenters. The van der Waals surface area contributed by atoms with Crippen molar-refractivity contribution in [1.29, 1.82) is 0 Å². The van der Waals surface area contributed by atoms with Gasteiger partial charge in [0.2, 0.25) is 0 Å². The van der Waals surface area contributed by atoms with Gasteiger partial charge in [0.1, 0.15) is 0 Å². The zero-order valence-corrected chi connectivity index (χ0v) is 9.36. The van der Waals surface area contributed by atoms with Crippen molar-refractivity contribution in [2.24, 2.45) is 0 Å². The fraction of sp³-hybridized carbons (Fsp3) is 0.333. The van der Waals surface area contributed by atoms with E-state index in [1.165, 1.54) is 11.4 Å². The summed E-state index contributed by atoms with van der Waals surface area (Å²) < 4.78 is 2.24. The van der Waals surface area contributed by atoms with Gasteiger partial charge in [-0.25, -0.2) is 0 Å². The van der Waals surface area contributed by atoms with Crippen molar-refractivity contribution in [3.63, 3.8) is 0 Å². The fourth-order valence-electron chi connectivity index (χ4n) is 1.61. The monoisotopic (exact) mass is 201 g/mol.